The summed E-state index contributed by atoms with van der Waals surface area (Å²) in [7, 11) is 3.01. The molecule has 0 atom stereocenters. The maximum atomic E-state index is 9.02. The molecule has 1 aromatic rings. The van der Waals surface area contributed by atoms with E-state index in [-0.39, 0.29) is 0 Å². The molecule has 0 saturated heterocycles. The number of ether oxygens (including phenoxy) is 2. The van der Waals surface area contributed by atoms with E-state index in [0.717, 1.165) is 0 Å². The topological polar surface area (TPSA) is 83.6 Å². The molecule has 0 amide bonds. The molecule has 0 radical (unpaired) electrons. The number of nitrogens with zero attached hydrogens (tertiary/aromatic N) is 2. The molecule has 0 bridgehead atoms. The summed E-state index contributed by atoms with van der Waals surface area (Å²) in [5.41, 5.74) is 1.67. The van der Waals surface area contributed by atoms with Crippen molar-refractivity contribution < 1.29 is 19.9 Å². The molecule has 1 aliphatic carbocycles. The van der Waals surface area contributed by atoms with Crippen molar-refractivity contribution in [1.29, 1.82) is 0 Å². The molecule has 1 aliphatic rings. The van der Waals surface area contributed by atoms with Gasteiger partial charge in [-0.3, -0.25) is 0 Å². The standard InChI is InChI=1S/C12H12N2O4/c1-17-9-5-6-10(18-2)12-8(14-16)4-3-7(13-15)11(9)12/h3-6,15-16H,1-2H3/b13-7+,14-8+. The van der Waals surface area contributed by atoms with E-state index in [2.05, 4.69) is 10.3 Å². The van der Waals surface area contributed by atoms with Gasteiger partial charge in [0.05, 0.1) is 25.3 Å². The Labute approximate surface area is 103 Å². The molecule has 1 aromatic carbocycles. The monoisotopic (exact) mass is 248 g/mol. The smallest absolute Gasteiger partial charge is 0.129 e. The Bertz CT molecular complexity index is 512. The van der Waals surface area contributed by atoms with Crippen LogP contribution in [0.3, 0.4) is 0 Å². The number of hydrogen-bond acceptors (Lipinski definition) is 6. The zero-order valence-corrected chi connectivity index (χ0v) is 9.91. The van der Waals surface area contributed by atoms with E-state index in [1.54, 1.807) is 12.1 Å². The van der Waals surface area contributed by atoms with Gasteiger partial charge in [-0.15, -0.1) is 0 Å². The van der Waals surface area contributed by atoms with Crippen LogP contribution in [0, 0.1) is 0 Å². The van der Waals surface area contributed by atoms with E-state index in [0.29, 0.717) is 34.0 Å². The van der Waals surface area contributed by atoms with Gasteiger partial charge in [-0.05, 0) is 24.3 Å². The van der Waals surface area contributed by atoms with Crippen molar-refractivity contribution in [2.45, 2.75) is 0 Å². The molecule has 94 valence electrons. The quantitative estimate of drug-likeness (QED) is 0.615. The molecule has 6 heteroatoms. The van der Waals surface area contributed by atoms with Crippen molar-refractivity contribution in [3.05, 3.63) is 35.4 Å². The molecule has 2 rings (SSSR count). The van der Waals surface area contributed by atoms with Crippen molar-refractivity contribution in [3.8, 4) is 11.5 Å². The predicted octanol–water partition coefficient (Wildman–Crippen LogP) is 1.63. The number of rotatable bonds is 2. The summed E-state index contributed by atoms with van der Waals surface area (Å²) in [4.78, 5) is 0. The number of hydrogen-bond donors (Lipinski definition) is 2. The fraction of sp³-hybridized carbons (Fsp3) is 0.167. The van der Waals surface area contributed by atoms with Crippen LogP contribution in [-0.4, -0.2) is 36.1 Å². The second-order valence-corrected chi connectivity index (χ2v) is 3.52. The molecule has 0 saturated carbocycles. The van der Waals surface area contributed by atoms with Gasteiger partial charge in [0.15, 0.2) is 0 Å². The van der Waals surface area contributed by atoms with Gasteiger partial charge in [-0.25, -0.2) is 0 Å². The van der Waals surface area contributed by atoms with Crippen molar-refractivity contribution in [1.82, 2.24) is 0 Å². The number of benzene rings is 1. The zero-order valence-electron chi connectivity index (χ0n) is 9.91. The SMILES string of the molecule is COc1ccc(OC)c2c1/C(=N/O)C=C/C2=N\O. The number of methoxy groups -OCH3 is 2. The highest BCUT2D eigenvalue weighted by Gasteiger charge is 2.25. The van der Waals surface area contributed by atoms with Crippen LogP contribution in [-0.2, 0) is 0 Å². The van der Waals surface area contributed by atoms with Gasteiger partial charge in [-0.1, -0.05) is 10.3 Å². The zero-order chi connectivity index (χ0) is 13.1. The van der Waals surface area contributed by atoms with E-state index in [9.17, 15) is 0 Å². The van der Waals surface area contributed by atoms with Crippen LogP contribution in [0.15, 0.2) is 34.6 Å². The molecule has 0 aromatic heterocycles. The minimum absolute atomic E-state index is 0.313. The highest BCUT2D eigenvalue weighted by molar-refractivity contribution is 6.27. The second kappa shape index (κ2) is 4.79. The third kappa shape index (κ3) is 1.67. The van der Waals surface area contributed by atoms with Gasteiger partial charge >= 0.3 is 0 Å². The number of fused-ring (bicyclic) bond motifs is 1. The summed E-state index contributed by atoms with van der Waals surface area (Å²) in [6.07, 6.45) is 3.05. The van der Waals surface area contributed by atoms with Crippen LogP contribution >= 0.6 is 0 Å². The lowest BCUT2D eigenvalue weighted by atomic mass is 9.92. The van der Waals surface area contributed by atoms with E-state index in [1.165, 1.54) is 26.4 Å². The second-order valence-electron chi connectivity index (χ2n) is 3.52. The van der Waals surface area contributed by atoms with Crippen molar-refractivity contribution in [2.24, 2.45) is 10.3 Å². The Morgan fingerprint density at radius 2 is 1.22 bits per heavy atom. The molecule has 0 aliphatic heterocycles. The van der Waals surface area contributed by atoms with Gasteiger partial charge < -0.3 is 19.9 Å². The van der Waals surface area contributed by atoms with Crippen LogP contribution < -0.4 is 9.47 Å². The fourth-order valence-corrected chi connectivity index (χ4v) is 1.90. The largest absolute Gasteiger partial charge is 0.496 e. The molecule has 2 N–H and O–H groups in total. The first-order chi connectivity index (χ1) is 8.76. The lowest BCUT2D eigenvalue weighted by Crippen LogP contribution is -2.16. The minimum atomic E-state index is 0.313. The maximum Gasteiger partial charge on any atom is 0.129 e. The molecule has 0 heterocycles. The van der Waals surface area contributed by atoms with Gasteiger partial charge in [0.25, 0.3) is 0 Å². The van der Waals surface area contributed by atoms with Crippen LogP contribution in [0.1, 0.15) is 11.1 Å². The van der Waals surface area contributed by atoms with E-state index < -0.39 is 0 Å². The van der Waals surface area contributed by atoms with Gasteiger partial charge in [0.1, 0.15) is 22.9 Å². The summed E-state index contributed by atoms with van der Waals surface area (Å²) in [6, 6.07) is 3.38. The molecule has 6 nitrogen and oxygen atoms in total. The lowest BCUT2D eigenvalue weighted by molar-refractivity contribution is 0.318. The van der Waals surface area contributed by atoms with Gasteiger partial charge in [0, 0.05) is 0 Å². The fourth-order valence-electron chi connectivity index (χ4n) is 1.90. The first-order valence-electron chi connectivity index (χ1n) is 5.14. The molecular weight excluding hydrogens is 236 g/mol. The maximum absolute atomic E-state index is 9.02. The normalized spacial score (nSPS) is 17.9. The Hall–Kier alpha value is -2.50. The Morgan fingerprint density at radius 3 is 1.50 bits per heavy atom. The van der Waals surface area contributed by atoms with Gasteiger partial charge in [-0.2, -0.15) is 0 Å². The lowest BCUT2D eigenvalue weighted by Gasteiger charge is -2.19. The summed E-state index contributed by atoms with van der Waals surface area (Å²) < 4.78 is 10.4. The summed E-state index contributed by atoms with van der Waals surface area (Å²) in [5, 5.41) is 24.4. The van der Waals surface area contributed by atoms with Crippen LogP contribution in [0.4, 0.5) is 0 Å². The molecule has 0 unspecified atom stereocenters. The first kappa shape index (κ1) is 12.0. The molecule has 0 fully saturated rings. The Kier molecular flexibility index (Phi) is 3.18. The van der Waals surface area contributed by atoms with Crippen LogP contribution in [0.25, 0.3) is 0 Å². The highest BCUT2D eigenvalue weighted by Crippen LogP contribution is 2.34. The van der Waals surface area contributed by atoms with Crippen molar-refractivity contribution in [3.63, 3.8) is 0 Å². The first-order valence-corrected chi connectivity index (χ1v) is 5.14. The van der Waals surface area contributed by atoms with Crippen molar-refractivity contribution in [2.75, 3.05) is 14.2 Å². The molecular formula is C12H12N2O4. The summed E-state index contributed by atoms with van der Waals surface area (Å²) in [6.45, 7) is 0. The van der Waals surface area contributed by atoms with Crippen LogP contribution in [0.2, 0.25) is 0 Å². The summed E-state index contributed by atoms with van der Waals surface area (Å²) in [5.74, 6) is 1.01. The van der Waals surface area contributed by atoms with Gasteiger partial charge in [0.2, 0.25) is 0 Å². The minimum Gasteiger partial charge on any atom is -0.496 e. The third-order valence-electron chi connectivity index (χ3n) is 2.70. The molecule has 0 spiro atoms. The Morgan fingerprint density at radius 1 is 0.833 bits per heavy atom. The predicted molar refractivity (Wildman–Crippen MR) is 65.3 cm³/mol. The Balaban J connectivity index is 2.82. The van der Waals surface area contributed by atoms with Crippen LogP contribution in [0.5, 0.6) is 11.5 Å². The summed E-state index contributed by atoms with van der Waals surface area (Å²) >= 11 is 0. The average Bonchev–Trinajstić information content (AvgIpc) is 2.44. The van der Waals surface area contributed by atoms with Crippen molar-refractivity contribution >= 4 is 11.4 Å². The van der Waals surface area contributed by atoms with E-state index in [4.69, 9.17) is 19.9 Å². The third-order valence-corrected chi connectivity index (χ3v) is 2.70. The van der Waals surface area contributed by atoms with E-state index in [1.807, 2.05) is 0 Å². The molecule has 18 heavy (non-hydrogen) atoms. The van der Waals surface area contributed by atoms with E-state index >= 15 is 0 Å². The highest BCUT2D eigenvalue weighted by atomic mass is 16.5. The number of oxime groups is 2. The number of allylic oxidation sites excluding steroid dienone is 2. The average molecular weight is 248 g/mol.